The average molecular weight is 306 g/mol. The zero-order chi connectivity index (χ0) is 15.5. The number of para-hydroxylation sites is 1. The molecule has 4 N–H and O–H groups in total. The second-order valence-corrected chi connectivity index (χ2v) is 6.27. The second-order valence-electron chi connectivity index (χ2n) is 4.59. The Morgan fingerprint density at radius 1 is 1.29 bits per heavy atom. The van der Waals surface area contributed by atoms with Crippen LogP contribution >= 0.6 is 0 Å². The van der Waals surface area contributed by atoms with Crippen molar-refractivity contribution in [3.8, 4) is 0 Å². The van der Waals surface area contributed by atoms with E-state index < -0.39 is 10.0 Å². The van der Waals surface area contributed by atoms with Gasteiger partial charge in [0.25, 0.3) is 10.0 Å². The van der Waals surface area contributed by atoms with Gasteiger partial charge < -0.3 is 5.43 Å². The monoisotopic (exact) mass is 306 g/mol. The van der Waals surface area contributed by atoms with Crippen molar-refractivity contribution >= 4 is 21.5 Å². The van der Waals surface area contributed by atoms with Gasteiger partial charge in [-0.3, -0.25) is 4.72 Å². The lowest BCUT2D eigenvalue weighted by atomic mass is 10.1. The van der Waals surface area contributed by atoms with Crippen molar-refractivity contribution in [2.45, 2.75) is 25.2 Å². The van der Waals surface area contributed by atoms with Crippen molar-refractivity contribution in [3.63, 3.8) is 0 Å². The molecule has 2 aromatic rings. The minimum atomic E-state index is -3.69. The second kappa shape index (κ2) is 6.11. The van der Waals surface area contributed by atoms with Gasteiger partial charge in [-0.05, 0) is 30.5 Å². The minimum Gasteiger partial charge on any atom is -0.308 e. The van der Waals surface area contributed by atoms with Crippen LogP contribution in [0.1, 0.15) is 18.1 Å². The highest BCUT2D eigenvalue weighted by Gasteiger charge is 2.17. The minimum absolute atomic E-state index is 0.107. The van der Waals surface area contributed by atoms with E-state index in [1.165, 1.54) is 18.3 Å². The molecule has 0 bridgehead atoms. The molecule has 0 saturated heterocycles. The van der Waals surface area contributed by atoms with Crippen LogP contribution in [0.2, 0.25) is 0 Å². The first kappa shape index (κ1) is 15.3. The Bertz CT molecular complexity index is 744. The highest BCUT2D eigenvalue weighted by atomic mass is 32.2. The number of aromatic nitrogens is 1. The van der Waals surface area contributed by atoms with E-state index in [0.29, 0.717) is 11.5 Å². The molecule has 0 amide bonds. The molecule has 21 heavy (non-hydrogen) atoms. The topological polar surface area (TPSA) is 97.1 Å². The number of anilines is 2. The van der Waals surface area contributed by atoms with Crippen LogP contribution in [0.15, 0.2) is 41.4 Å². The number of hydrogen-bond donors (Lipinski definition) is 3. The summed E-state index contributed by atoms with van der Waals surface area (Å²) in [5.74, 6) is 5.55. The first-order valence-electron chi connectivity index (χ1n) is 6.52. The van der Waals surface area contributed by atoms with E-state index in [2.05, 4.69) is 15.1 Å². The predicted octanol–water partition coefficient (Wildman–Crippen LogP) is 2.04. The highest BCUT2D eigenvalue weighted by Crippen LogP contribution is 2.25. The fourth-order valence-electron chi connectivity index (χ4n) is 2.02. The molecule has 1 heterocycles. The van der Waals surface area contributed by atoms with Crippen LogP contribution in [-0.4, -0.2) is 13.4 Å². The van der Waals surface area contributed by atoms with E-state index in [1.54, 1.807) is 0 Å². The number of nitrogen functional groups attached to an aromatic ring is 1. The molecule has 1 aromatic carbocycles. The van der Waals surface area contributed by atoms with E-state index in [4.69, 9.17) is 5.84 Å². The number of benzene rings is 1. The maximum atomic E-state index is 12.5. The fraction of sp³-hybridized carbons (Fsp3) is 0.214. The molecule has 0 atom stereocenters. The van der Waals surface area contributed by atoms with E-state index in [0.717, 1.165) is 17.5 Å². The highest BCUT2D eigenvalue weighted by molar-refractivity contribution is 7.92. The summed E-state index contributed by atoms with van der Waals surface area (Å²) in [5.41, 5.74) is 4.79. The third kappa shape index (κ3) is 3.32. The average Bonchev–Trinajstić information content (AvgIpc) is 2.49. The molecule has 0 aliphatic carbocycles. The zero-order valence-electron chi connectivity index (χ0n) is 11.9. The number of aryl methyl sites for hydroxylation is 2. The Kier molecular flexibility index (Phi) is 4.44. The summed E-state index contributed by atoms with van der Waals surface area (Å²) in [4.78, 5) is 4.01. The van der Waals surface area contributed by atoms with E-state index >= 15 is 0 Å². The van der Waals surface area contributed by atoms with Crippen molar-refractivity contribution < 1.29 is 8.42 Å². The summed E-state index contributed by atoms with van der Waals surface area (Å²) < 4.78 is 27.6. The quantitative estimate of drug-likeness (QED) is 0.580. The summed E-state index contributed by atoms with van der Waals surface area (Å²) in [6, 6.07) is 8.49. The number of sulfonamides is 1. The summed E-state index contributed by atoms with van der Waals surface area (Å²) in [6.45, 7) is 3.85. The molecule has 1 aromatic heterocycles. The SMILES string of the molecule is CCc1cccc(C)c1NS(=O)(=O)c1ccnc(NN)c1. The standard InChI is InChI=1S/C14H18N4O2S/c1-3-11-6-4-5-10(2)14(11)18-21(19,20)12-7-8-16-13(9-12)17-15/h4-9,18H,3,15H2,1-2H3,(H,16,17). The third-order valence-electron chi connectivity index (χ3n) is 3.17. The molecule has 0 spiro atoms. The lowest BCUT2D eigenvalue weighted by Gasteiger charge is -2.14. The molecule has 0 aliphatic heterocycles. The lowest BCUT2D eigenvalue weighted by Crippen LogP contribution is -2.16. The number of nitrogens with two attached hydrogens (primary N) is 1. The van der Waals surface area contributed by atoms with Gasteiger partial charge >= 0.3 is 0 Å². The summed E-state index contributed by atoms with van der Waals surface area (Å²) in [7, 11) is -3.69. The maximum Gasteiger partial charge on any atom is 0.262 e. The largest absolute Gasteiger partial charge is 0.308 e. The normalized spacial score (nSPS) is 11.2. The van der Waals surface area contributed by atoms with Gasteiger partial charge in [0.05, 0.1) is 10.6 Å². The first-order valence-corrected chi connectivity index (χ1v) is 8.00. The van der Waals surface area contributed by atoms with Crippen molar-refractivity contribution in [1.29, 1.82) is 0 Å². The van der Waals surface area contributed by atoms with Crippen molar-refractivity contribution in [2.75, 3.05) is 10.1 Å². The van der Waals surface area contributed by atoms with Gasteiger partial charge in [0, 0.05) is 12.3 Å². The molecular formula is C14H18N4O2S. The van der Waals surface area contributed by atoms with Crippen LogP contribution in [-0.2, 0) is 16.4 Å². The van der Waals surface area contributed by atoms with Crippen molar-refractivity contribution in [2.24, 2.45) is 5.84 Å². The predicted molar refractivity (Wildman–Crippen MR) is 83.4 cm³/mol. The van der Waals surface area contributed by atoms with Gasteiger partial charge in [0.2, 0.25) is 0 Å². The Hall–Kier alpha value is -2.12. The zero-order valence-corrected chi connectivity index (χ0v) is 12.7. The molecule has 0 fully saturated rings. The van der Waals surface area contributed by atoms with Crippen LogP contribution < -0.4 is 16.0 Å². The van der Waals surface area contributed by atoms with Gasteiger partial charge in [-0.2, -0.15) is 0 Å². The number of rotatable bonds is 5. The van der Waals surface area contributed by atoms with Crippen molar-refractivity contribution in [3.05, 3.63) is 47.7 Å². The fourth-order valence-corrected chi connectivity index (χ4v) is 3.21. The molecule has 0 saturated carbocycles. The van der Waals surface area contributed by atoms with E-state index in [9.17, 15) is 8.42 Å². The number of nitrogens with zero attached hydrogens (tertiary/aromatic N) is 1. The molecule has 112 valence electrons. The van der Waals surface area contributed by atoms with Gasteiger partial charge in [-0.1, -0.05) is 25.1 Å². The number of pyridine rings is 1. The molecule has 0 radical (unpaired) electrons. The molecule has 2 rings (SSSR count). The molecule has 0 unspecified atom stereocenters. The Morgan fingerprint density at radius 2 is 2.05 bits per heavy atom. The van der Waals surface area contributed by atoms with Crippen LogP contribution in [0.25, 0.3) is 0 Å². The molecule has 6 nitrogen and oxygen atoms in total. The van der Waals surface area contributed by atoms with Gasteiger partial charge in [-0.15, -0.1) is 0 Å². The van der Waals surface area contributed by atoms with Gasteiger partial charge in [0.15, 0.2) is 0 Å². The van der Waals surface area contributed by atoms with Crippen LogP contribution in [0.4, 0.5) is 11.5 Å². The molecular weight excluding hydrogens is 288 g/mol. The molecule has 7 heteroatoms. The third-order valence-corrected chi connectivity index (χ3v) is 4.51. The Labute approximate surface area is 124 Å². The smallest absolute Gasteiger partial charge is 0.262 e. The van der Waals surface area contributed by atoms with Crippen LogP contribution in [0.3, 0.4) is 0 Å². The Morgan fingerprint density at radius 3 is 2.71 bits per heavy atom. The summed E-state index contributed by atoms with van der Waals surface area (Å²) in [6.07, 6.45) is 2.13. The lowest BCUT2D eigenvalue weighted by molar-refractivity contribution is 0.601. The van der Waals surface area contributed by atoms with Crippen molar-refractivity contribution in [1.82, 2.24) is 4.98 Å². The van der Waals surface area contributed by atoms with Gasteiger partial charge in [0.1, 0.15) is 5.82 Å². The van der Waals surface area contributed by atoms with Crippen LogP contribution in [0, 0.1) is 6.92 Å². The van der Waals surface area contributed by atoms with E-state index in [1.807, 2.05) is 32.0 Å². The first-order chi connectivity index (χ1) is 9.97. The molecule has 0 aliphatic rings. The number of hydrazine groups is 1. The van der Waals surface area contributed by atoms with Crippen LogP contribution in [0.5, 0.6) is 0 Å². The summed E-state index contributed by atoms with van der Waals surface area (Å²) >= 11 is 0. The Balaban J connectivity index is 2.42. The summed E-state index contributed by atoms with van der Waals surface area (Å²) in [5, 5.41) is 0. The van der Waals surface area contributed by atoms with Gasteiger partial charge in [-0.25, -0.2) is 19.2 Å². The van der Waals surface area contributed by atoms with E-state index in [-0.39, 0.29) is 4.90 Å². The number of nitrogens with one attached hydrogen (secondary N) is 2. The maximum absolute atomic E-state index is 12.5. The number of hydrogen-bond acceptors (Lipinski definition) is 5.